The van der Waals surface area contributed by atoms with Gasteiger partial charge in [0.25, 0.3) is 0 Å². The van der Waals surface area contributed by atoms with Gasteiger partial charge in [-0.25, -0.2) is 4.98 Å². The summed E-state index contributed by atoms with van der Waals surface area (Å²) in [7, 11) is 0. The Labute approximate surface area is 146 Å². The second-order valence-electron chi connectivity index (χ2n) is 6.30. The summed E-state index contributed by atoms with van der Waals surface area (Å²) in [5, 5.41) is 9.49. The molecule has 0 unspecified atom stereocenters. The van der Waals surface area contributed by atoms with Crippen molar-refractivity contribution in [1.29, 1.82) is 0 Å². The zero-order valence-corrected chi connectivity index (χ0v) is 14.8. The van der Waals surface area contributed by atoms with Gasteiger partial charge in [0.1, 0.15) is 5.01 Å². The normalized spacial score (nSPS) is 16.2. The minimum absolute atomic E-state index is 0.108. The maximum absolute atomic E-state index is 12.1. The molecule has 0 bridgehead atoms. The summed E-state index contributed by atoms with van der Waals surface area (Å²) in [6, 6.07) is 4.15. The largest absolute Gasteiger partial charge is 0.352 e. The van der Waals surface area contributed by atoms with Crippen LogP contribution in [0, 0.1) is 0 Å². The lowest BCUT2D eigenvalue weighted by atomic mass is 10.2. The average molecular weight is 344 g/mol. The highest BCUT2D eigenvalue weighted by Crippen LogP contribution is 2.22. The van der Waals surface area contributed by atoms with E-state index in [1.807, 2.05) is 25.3 Å². The van der Waals surface area contributed by atoms with Crippen LogP contribution in [0.5, 0.6) is 0 Å². The third kappa shape index (κ3) is 4.61. The first-order valence-electron chi connectivity index (χ1n) is 8.61. The number of pyridine rings is 1. The van der Waals surface area contributed by atoms with Gasteiger partial charge in [0.15, 0.2) is 0 Å². The summed E-state index contributed by atoms with van der Waals surface area (Å²) in [5.74, 6) is 0.108. The number of carbonyl (C=O) groups excluding carboxylic acids is 1. The van der Waals surface area contributed by atoms with E-state index in [1.54, 1.807) is 17.5 Å². The molecule has 0 aliphatic heterocycles. The van der Waals surface area contributed by atoms with E-state index in [-0.39, 0.29) is 11.9 Å². The van der Waals surface area contributed by atoms with E-state index in [0.717, 1.165) is 42.1 Å². The van der Waals surface area contributed by atoms with E-state index in [0.29, 0.717) is 6.04 Å². The number of aromatic nitrogens is 2. The molecular weight excluding hydrogens is 320 g/mol. The monoisotopic (exact) mass is 344 g/mol. The summed E-state index contributed by atoms with van der Waals surface area (Å²) >= 11 is 1.63. The van der Waals surface area contributed by atoms with Gasteiger partial charge in [-0.1, -0.05) is 12.8 Å². The van der Waals surface area contributed by atoms with Gasteiger partial charge in [-0.3, -0.25) is 9.78 Å². The van der Waals surface area contributed by atoms with Crippen molar-refractivity contribution in [3.63, 3.8) is 0 Å². The Hall–Kier alpha value is -1.79. The lowest BCUT2D eigenvalue weighted by molar-refractivity contribution is -0.123. The molecule has 128 valence electrons. The summed E-state index contributed by atoms with van der Waals surface area (Å²) in [4.78, 5) is 20.9. The Kier molecular flexibility index (Phi) is 5.93. The van der Waals surface area contributed by atoms with E-state index in [9.17, 15) is 4.79 Å². The van der Waals surface area contributed by atoms with Crippen molar-refractivity contribution in [3.05, 3.63) is 35.6 Å². The molecule has 1 aliphatic carbocycles. The second kappa shape index (κ2) is 8.35. The van der Waals surface area contributed by atoms with Gasteiger partial charge in [0, 0.05) is 42.3 Å². The van der Waals surface area contributed by atoms with Gasteiger partial charge in [-0.2, -0.15) is 0 Å². The lowest BCUT2D eigenvalue weighted by Crippen LogP contribution is -2.46. The number of nitrogens with zero attached hydrogens (tertiary/aromatic N) is 2. The van der Waals surface area contributed by atoms with Crippen molar-refractivity contribution in [3.8, 4) is 10.6 Å². The summed E-state index contributed by atoms with van der Waals surface area (Å²) < 4.78 is 0. The third-order valence-corrected chi connectivity index (χ3v) is 5.33. The third-order valence-electron chi connectivity index (χ3n) is 4.39. The van der Waals surface area contributed by atoms with Crippen LogP contribution in [-0.4, -0.2) is 34.5 Å². The highest BCUT2D eigenvalue weighted by atomic mass is 32.1. The molecule has 1 saturated carbocycles. The van der Waals surface area contributed by atoms with Crippen molar-refractivity contribution in [2.45, 2.75) is 51.1 Å². The van der Waals surface area contributed by atoms with Gasteiger partial charge in [0.2, 0.25) is 5.91 Å². The van der Waals surface area contributed by atoms with Crippen molar-refractivity contribution in [2.24, 2.45) is 0 Å². The Morgan fingerprint density at radius 3 is 3.00 bits per heavy atom. The quantitative estimate of drug-likeness (QED) is 0.810. The Bertz CT molecular complexity index is 652. The molecule has 0 saturated heterocycles. The number of hydrogen-bond acceptors (Lipinski definition) is 5. The highest BCUT2D eigenvalue weighted by molar-refractivity contribution is 7.13. The molecule has 1 fully saturated rings. The van der Waals surface area contributed by atoms with E-state index >= 15 is 0 Å². The molecule has 2 aromatic rings. The Morgan fingerprint density at radius 2 is 2.25 bits per heavy atom. The summed E-state index contributed by atoms with van der Waals surface area (Å²) in [6.07, 6.45) is 9.11. The molecule has 0 radical (unpaired) electrons. The van der Waals surface area contributed by atoms with Crippen molar-refractivity contribution < 1.29 is 4.79 Å². The molecule has 5 nitrogen and oxygen atoms in total. The van der Waals surface area contributed by atoms with Crippen molar-refractivity contribution in [1.82, 2.24) is 20.6 Å². The molecule has 0 spiro atoms. The van der Waals surface area contributed by atoms with Crippen molar-refractivity contribution in [2.75, 3.05) is 6.54 Å². The molecule has 2 aromatic heterocycles. The highest BCUT2D eigenvalue weighted by Gasteiger charge is 2.20. The molecule has 0 aromatic carbocycles. The fraction of sp³-hybridized carbons (Fsp3) is 0.500. The Balaban J connectivity index is 1.43. The smallest absolute Gasteiger partial charge is 0.237 e. The van der Waals surface area contributed by atoms with E-state index in [1.165, 1.54) is 12.8 Å². The predicted molar refractivity (Wildman–Crippen MR) is 96.9 cm³/mol. The van der Waals surface area contributed by atoms with Gasteiger partial charge in [0.05, 0.1) is 11.7 Å². The first-order valence-corrected chi connectivity index (χ1v) is 9.49. The second-order valence-corrected chi connectivity index (χ2v) is 7.16. The number of carbonyl (C=O) groups is 1. The number of hydrogen-bond donors (Lipinski definition) is 2. The maximum Gasteiger partial charge on any atom is 0.237 e. The van der Waals surface area contributed by atoms with Gasteiger partial charge in [-0.15, -0.1) is 11.3 Å². The number of rotatable bonds is 7. The number of amides is 1. The van der Waals surface area contributed by atoms with Gasteiger partial charge < -0.3 is 10.6 Å². The molecule has 6 heteroatoms. The van der Waals surface area contributed by atoms with Crippen LogP contribution in [0.4, 0.5) is 0 Å². The predicted octanol–water partition coefficient (Wildman–Crippen LogP) is 2.78. The first-order chi connectivity index (χ1) is 11.7. The van der Waals surface area contributed by atoms with Crippen LogP contribution in [-0.2, 0) is 11.2 Å². The van der Waals surface area contributed by atoms with Crippen LogP contribution in [0.1, 0.15) is 38.3 Å². The van der Waals surface area contributed by atoms with Crippen molar-refractivity contribution >= 4 is 17.2 Å². The molecule has 2 heterocycles. The van der Waals surface area contributed by atoms with Gasteiger partial charge in [-0.05, 0) is 31.9 Å². The maximum atomic E-state index is 12.1. The Morgan fingerprint density at radius 1 is 1.42 bits per heavy atom. The topological polar surface area (TPSA) is 66.9 Å². The molecule has 24 heavy (non-hydrogen) atoms. The minimum atomic E-state index is -0.165. The van der Waals surface area contributed by atoms with E-state index < -0.39 is 0 Å². The molecule has 2 N–H and O–H groups in total. The van der Waals surface area contributed by atoms with Crippen LogP contribution in [0.3, 0.4) is 0 Å². The van der Waals surface area contributed by atoms with Crippen LogP contribution in [0.2, 0.25) is 0 Å². The summed E-state index contributed by atoms with van der Waals surface area (Å²) in [6.45, 7) is 2.67. The molecule has 1 aliphatic rings. The SMILES string of the molecule is C[C@H](NCCc1csc(-c2cccnc2)n1)C(=O)NC1CCCC1. The standard InChI is InChI=1S/C18H24N4OS/c1-13(17(23)21-15-6-2-3-7-15)20-10-8-16-12-24-18(22-16)14-5-4-9-19-11-14/h4-5,9,11-13,15,20H,2-3,6-8,10H2,1H3,(H,21,23)/t13-/m0/s1. The number of thiazole rings is 1. The van der Waals surface area contributed by atoms with Crippen LogP contribution in [0.25, 0.3) is 10.6 Å². The molecular formula is C18H24N4OS. The van der Waals surface area contributed by atoms with Crippen LogP contribution in [0.15, 0.2) is 29.9 Å². The zero-order chi connectivity index (χ0) is 16.8. The first kappa shape index (κ1) is 17.0. The van der Waals surface area contributed by atoms with Crippen LogP contribution < -0.4 is 10.6 Å². The van der Waals surface area contributed by atoms with Gasteiger partial charge >= 0.3 is 0 Å². The minimum Gasteiger partial charge on any atom is -0.352 e. The average Bonchev–Trinajstić information content (AvgIpc) is 3.27. The fourth-order valence-corrected chi connectivity index (χ4v) is 3.79. The molecule has 3 rings (SSSR count). The van der Waals surface area contributed by atoms with Crippen LogP contribution >= 0.6 is 11.3 Å². The summed E-state index contributed by atoms with van der Waals surface area (Å²) in [5.41, 5.74) is 2.10. The molecule has 1 amide bonds. The molecule has 1 atom stereocenters. The van der Waals surface area contributed by atoms with E-state index in [2.05, 4.69) is 26.0 Å². The van der Waals surface area contributed by atoms with E-state index in [4.69, 9.17) is 0 Å². The lowest BCUT2D eigenvalue weighted by Gasteiger charge is -2.17. The zero-order valence-electron chi connectivity index (χ0n) is 14.0. The fourth-order valence-electron chi connectivity index (χ4n) is 2.95. The number of nitrogens with one attached hydrogen (secondary N) is 2.